The van der Waals surface area contributed by atoms with E-state index in [1.54, 1.807) is 0 Å². The van der Waals surface area contributed by atoms with Crippen LogP contribution in [-0.2, 0) is 11.2 Å². The van der Waals surface area contributed by atoms with Crippen LogP contribution in [-0.4, -0.2) is 6.29 Å². The van der Waals surface area contributed by atoms with E-state index in [0.29, 0.717) is 6.42 Å². The van der Waals surface area contributed by atoms with Crippen LogP contribution in [0, 0.1) is 0 Å². The van der Waals surface area contributed by atoms with Gasteiger partial charge in [-0.3, -0.25) is 0 Å². The first-order chi connectivity index (χ1) is 5.25. The maximum absolute atomic E-state index is 10.2. The Bertz CT molecular complexity index is 271. The van der Waals surface area contributed by atoms with E-state index in [9.17, 15) is 4.79 Å². The van der Waals surface area contributed by atoms with Gasteiger partial charge in [-0.05, 0) is 43.5 Å². The Morgan fingerprint density at radius 1 is 1.36 bits per heavy atom. The Hall–Kier alpha value is -0.150. The molecule has 1 aromatic carbocycles. The Balaban J connectivity index is 3.05. The fourth-order valence-electron chi connectivity index (χ4n) is 0.796. The molecule has 0 bridgehead atoms. The van der Waals surface area contributed by atoms with Crippen molar-refractivity contribution in [2.75, 3.05) is 0 Å². The van der Waals surface area contributed by atoms with Crippen LogP contribution in [0.25, 0.3) is 0 Å². The molecule has 0 spiro atoms. The van der Waals surface area contributed by atoms with Gasteiger partial charge in [0.25, 0.3) is 0 Å². The molecule has 0 fully saturated rings. The molecule has 0 aliphatic carbocycles. The monoisotopic (exact) mass is 276 g/mol. The molecule has 0 unspecified atom stereocenters. The molecule has 0 amide bonds. The number of hydrogen-bond donors (Lipinski definition) is 0. The molecule has 0 heterocycles. The van der Waals surface area contributed by atoms with Gasteiger partial charge in [-0.1, -0.05) is 12.1 Å². The molecule has 1 aromatic rings. The molecule has 0 saturated carbocycles. The smallest absolute Gasteiger partial charge is 0.124 e. The molecule has 11 heavy (non-hydrogen) atoms. The normalized spacial score (nSPS) is 9.64. The summed E-state index contributed by atoms with van der Waals surface area (Å²) in [4.78, 5) is 10.2. The van der Waals surface area contributed by atoms with Gasteiger partial charge in [0.05, 0.1) is 0 Å². The van der Waals surface area contributed by atoms with E-state index in [4.69, 9.17) is 0 Å². The Kier molecular flexibility index (Phi) is 3.27. The zero-order chi connectivity index (χ0) is 8.27. The molecule has 0 N–H and O–H groups in total. The second-order valence-electron chi connectivity index (χ2n) is 2.08. The van der Waals surface area contributed by atoms with Crippen molar-refractivity contribution < 1.29 is 4.79 Å². The third-order valence-electron chi connectivity index (χ3n) is 1.33. The Morgan fingerprint density at radius 2 is 2.09 bits per heavy atom. The van der Waals surface area contributed by atoms with Gasteiger partial charge in [0.1, 0.15) is 6.29 Å². The van der Waals surface area contributed by atoms with Gasteiger partial charge in [-0.2, -0.15) is 0 Å². The molecule has 0 aliphatic rings. The molecular formula is C8H6Br2O. The van der Waals surface area contributed by atoms with Crippen LogP contribution in [0.2, 0.25) is 0 Å². The average Bonchev–Trinajstić information content (AvgIpc) is 1.99. The molecular weight excluding hydrogens is 272 g/mol. The number of hydrogen-bond acceptors (Lipinski definition) is 1. The SMILES string of the molecule is O=CCc1cccc(Br)c1Br. The van der Waals surface area contributed by atoms with Crippen LogP contribution in [0.1, 0.15) is 5.56 Å². The predicted octanol–water partition coefficient (Wildman–Crippen LogP) is 2.95. The van der Waals surface area contributed by atoms with Crippen molar-refractivity contribution in [3.05, 3.63) is 32.7 Å². The van der Waals surface area contributed by atoms with E-state index >= 15 is 0 Å². The second-order valence-corrected chi connectivity index (χ2v) is 3.73. The summed E-state index contributed by atoms with van der Waals surface area (Å²) in [5, 5.41) is 0. The summed E-state index contributed by atoms with van der Waals surface area (Å²) in [5.74, 6) is 0. The van der Waals surface area contributed by atoms with E-state index < -0.39 is 0 Å². The van der Waals surface area contributed by atoms with E-state index in [2.05, 4.69) is 31.9 Å². The number of carbonyl (C=O) groups excluding carboxylic acids is 1. The van der Waals surface area contributed by atoms with Gasteiger partial charge in [0.2, 0.25) is 0 Å². The van der Waals surface area contributed by atoms with Crippen LogP contribution < -0.4 is 0 Å². The third kappa shape index (κ3) is 2.14. The van der Waals surface area contributed by atoms with Crippen LogP contribution in [0.15, 0.2) is 27.1 Å². The lowest BCUT2D eigenvalue weighted by Crippen LogP contribution is -1.87. The van der Waals surface area contributed by atoms with Crippen molar-refractivity contribution in [1.29, 1.82) is 0 Å². The summed E-state index contributed by atoms with van der Waals surface area (Å²) in [6.07, 6.45) is 1.35. The topological polar surface area (TPSA) is 17.1 Å². The first kappa shape index (κ1) is 8.94. The third-order valence-corrected chi connectivity index (χ3v) is 3.46. The van der Waals surface area contributed by atoms with Crippen molar-refractivity contribution in [3.63, 3.8) is 0 Å². The van der Waals surface area contributed by atoms with Crippen molar-refractivity contribution in [2.24, 2.45) is 0 Å². The number of aldehydes is 1. The highest BCUT2D eigenvalue weighted by molar-refractivity contribution is 9.13. The lowest BCUT2D eigenvalue weighted by Gasteiger charge is -2.00. The van der Waals surface area contributed by atoms with Crippen molar-refractivity contribution in [3.8, 4) is 0 Å². The minimum absolute atomic E-state index is 0.458. The number of halogens is 2. The second kappa shape index (κ2) is 4.02. The molecule has 0 radical (unpaired) electrons. The fraction of sp³-hybridized carbons (Fsp3) is 0.125. The lowest BCUT2D eigenvalue weighted by atomic mass is 10.2. The summed E-state index contributed by atoms with van der Waals surface area (Å²) >= 11 is 6.73. The number of benzene rings is 1. The van der Waals surface area contributed by atoms with E-state index in [-0.39, 0.29) is 0 Å². The summed E-state index contributed by atoms with van der Waals surface area (Å²) in [6.45, 7) is 0. The Morgan fingerprint density at radius 3 is 2.73 bits per heavy atom. The molecule has 3 heteroatoms. The standard InChI is InChI=1S/C8H6Br2O/c9-7-3-1-2-6(4-5-11)8(7)10/h1-3,5H,4H2. The number of rotatable bonds is 2. The summed E-state index contributed by atoms with van der Waals surface area (Å²) in [6, 6.07) is 5.76. The van der Waals surface area contributed by atoms with Gasteiger partial charge in [0.15, 0.2) is 0 Å². The average molecular weight is 278 g/mol. The highest BCUT2D eigenvalue weighted by atomic mass is 79.9. The maximum Gasteiger partial charge on any atom is 0.124 e. The summed E-state index contributed by atoms with van der Waals surface area (Å²) in [7, 11) is 0. The highest BCUT2D eigenvalue weighted by Crippen LogP contribution is 2.26. The maximum atomic E-state index is 10.2. The minimum atomic E-state index is 0.458. The van der Waals surface area contributed by atoms with Crippen LogP contribution >= 0.6 is 31.9 Å². The first-order valence-corrected chi connectivity index (χ1v) is 4.71. The minimum Gasteiger partial charge on any atom is -0.303 e. The molecule has 0 aromatic heterocycles. The molecule has 58 valence electrons. The summed E-state index contributed by atoms with van der Waals surface area (Å²) < 4.78 is 1.95. The number of carbonyl (C=O) groups is 1. The van der Waals surface area contributed by atoms with Crippen LogP contribution in [0.4, 0.5) is 0 Å². The van der Waals surface area contributed by atoms with E-state index in [1.807, 2.05) is 18.2 Å². The van der Waals surface area contributed by atoms with E-state index in [0.717, 1.165) is 20.8 Å². The zero-order valence-corrected chi connectivity index (χ0v) is 8.85. The van der Waals surface area contributed by atoms with Crippen LogP contribution in [0.3, 0.4) is 0 Å². The van der Waals surface area contributed by atoms with Crippen LogP contribution in [0.5, 0.6) is 0 Å². The fourth-order valence-corrected chi connectivity index (χ4v) is 1.63. The first-order valence-electron chi connectivity index (χ1n) is 3.12. The molecule has 0 saturated heterocycles. The lowest BCUT2D eigenvalue weighted by molar-refractivity contribution is -0.107. The molecule has 0 aliphatic heterocycles. The molecule has 0 atom stereocenters. The van der Waals surface area contributed by atoms with Gasteiger partial charge in [-0.15, -0.1) is 0 Å². The predicted molar refractivity (Wildman–Crippen MR) is 51.6 cm³/mol. The van der Waals surface area contributed by atoms with Crippen molar-refractivity contribution in [2.45, 2.75) is 6.42 Å². The zero-order valence-electron chi connectivity index (χ0n) is 5.68. The van der Waals surface area contributed by atoms with Gasteiger partial charge < -0.3 is 4.79 Å². The van der Waals surface area contributed by atoms with Crippen molar-refractivity contribution in [1.82, 2.24) is 0 Å². The molecule has 1 nitrogen and oxygen atoms in total. The van der Waals surface area contributed by atoms with Crippen molar-refractivity contribution >= 4 is 38.1 Å². The quantitative estimate of drug-likeness (QED) is 0.760. The summed E-state index contributed by atoms with van der Waals surface area (Å²) in [5.41, 5.74) is 1.01. The van der Waals surface area contributed by atoms with Gasteiger partial charge in [0, 0.05) is 15.4 Å². The van der Waals surface area contributed by atoms with Gasteiger partial charge in [-0.25, -0.2) is 0 Å². The molecule has 1 rings (SSSR count). The Labute approximate surface area is 82.1 Å². The highest BCUT2D eigenvalue weighted by Gasteiger charge is 2.01. The largest absolute Gasteiger partial charge is 0.303 e. The van der Waals surface area contributed by atoms with Gasteiger partial charge >= 0.3 is 0 Å². The van der Waals surface area contributed by atoms with E-state index in [1.165, 1.54) is 0 Å².